The standard InChI is InChI=1S/C30H48O2/c1-19(2)20(3)8-9-21(4)26-12-13-27-25-11-10-23-18-24(32-22(5)31)14-16-29(23,6)28(25)15-17-30(26,27)7/h8-10,19-21,24-28H,11-18H2,1-7H3/b9-8+/t20-,21+,24+,25+,26+,27+,28-,29+,30+/m1/s1. The van der Waals surface area contributed by atoms with Gasteiger partial charge in [-0.15, -0.1) is 0 Å². The third-order valence-electron chi connectivity index (χ3n) is 10.9. The molecule has 180 valence electrons. The van der Waals surface area contributed by atoms with E-state index in [1.165, 1.54) is 38.5 Å². The first-order valence-corrected chi connectivity index (χ1v) is 13.6. The summed E-state index contributed by atoms with van der Waals surface area (Å²) in [4.78, 5) is 11.5. The minimum atomic E-state index is -0.121. The molecule has 0 heterocycles. The lowest BCUT2D eigenvalue weighted by atomic mass is 9.47. The Hall–Kier alpha value is -1.05. The van der Waals surface area contributed by atoms with Crippen molar-refractivity contribution in [3.63, 3.8) is 0 Å². The summed E-state index contributed by atoms with van der Waals surface area (Å²) in [5, 5.41) is 0. The van der Waals surface area contributed by atoms with Gasteiger partial charge in [0.1, 0.15) is 6.10 Å². The van der Waals surface area contributed by atoms with Crippen LogP contribution in [0.3, 0.4) is 0 Å². The highest BCUT2D eigenvalue weighted by molar-refractivity contribution is 5.66. The zero-order chi connectivity index (χ0) is 23.3. The van der Waals surface area contributed by atoms with Gasteiger partial charge in [-0.3, -0.25) is 4.79 Å². The van der Waals surface area contributed by atoms with Gasteiger partial charge in [-0.1, -0.05) is 65.3 Å². The highest BCUT2D eigenvalue weighted by atomic mass is 16.5. The van der Waals surface area contributed by atoms with Crippen LogP contribution >= 0.6 is 0 Å². The summed E-state index contributed by atoms with van der Waals surface area (Å²) in [6.45, 7) is 16.3. The summed E-state index contributed by atoms with van der Waals surface area (Å²) in [6.07, 6.45) is 17.8. The van der Waals surface area contributed by atoms with E-state index in [0.717, 1.165) is 42.4 Å². The van der Waals surface area contributed by atoms with Crippen LogP contribution in [-0.2, 0) is 9.53 Å². The number of carbonyl (C=O) groups excluding carboxylic acids is 1. The van der Waals surface area contributed by atoms with Crippen molar-refractivity contribution in [1.29, 1.82) is 0 Å². The fourth-order valence-corrected chi connectivity index (χ4v) is 8.57. The fourth-order valence-electron chi connectivity index (χ4n) is 8.57. The van der Waals surface area contributed by atoms with Crippen LogP contribution in [0.2, 0.25) is 0 Å². The molecule has 0 bridgehead atoms. The molecule has 32 heavy (non-hydrogen) atoms. The van der Waals surface area contributed by atoms with E-state index in [9.17, 15) is 4.79 Å². The molecule has 4 rings (SSSR count). The fraction of sp³-hybridized carbons (Fsp3) is 0.833. The van der Waals surface area contributed by atoms with E-state index in [4.69, 9.17) is 4.74 Å². The Bertz CT molecular complexity index is 763. The Labute approximate surface area is 197 Å². The smallest absolute Gasteiger partial charge is 0.302 e. The summed E-state index contributed by atoms with van der Waals surface area (Å²) in [5.41, 5.74) is 2.44. The van der Waals surface area contributed by atoms with Crippen LogP contribution in [0, 0.1) is 52.3 Å². The van der Waals surface area contributed by atoms with Gasteiger partial charge in [0.25, 0.3) is 0 Å². The minimum absolute atomic E-state index is 0.106. The minimum Gasteiger partial charge on any atom is -0.462 e. The summed E-state index contributed by atoms with van der Waals surface area (Å²) in [6, 6.07) is 0. The number of rotatable bonds is 5. The lowest BCUT2D eigenvalue weighted by Gasteiger charge is -2.58. The largest absolute Gasteiger partial charge is 0.462 e. The maximum Gasteiger partial charge on any atom is 0.302 e. The number of carbonyl (C=O) groups is 1. The lowest BCUT2D eigenvalue weighted by Crippen LogP contribution is -2.51. The number of ether oxygens (including phenoxy) is 1. The third kappa shape index (κ3) is 4.14. The number of hydrogen-bond acceptors (Lipinski definition) is 2. The number of fused-ring (bicyclic) bond motifs is 5. The van der Waals surface area contributed by atoms with Crippen LogP contribution in [0.25, 0.3) is 0 Å². The average Bonchev–Trinajstić information content (AvgIpc) is 3.08. The van der Waals surface area contributed by atoms with E-state index >= 15 is 0 Å². The third-order valence-corrected chi connectivity index (χ3v) is 10.9. The monoisotopic (exact) mass is 440 g/mol. The number of allylic oxidation sites excluding steroid dienone is 3. The highest BCUT2D eigenvalue weighted by Gasteiger charge is 2.59. The van der Waals surface area contributed by atoms with Gasteiger partial charge in [0.15, 0.2) is 0 Å². The molecule has 0 amide bonds. The molecule has 3 saturated carbocycles. The van der Waals surface area contributed by atoms with Gasteiger partial charge in [0.2, 0.25) is 0 Å². The molecular weight excluding hydrogens is 392 g/mol. The highest BCUT2D eigenvalue weighted by Crippen LogP contribution is 2.67. The second-order valence-electron chi connectivity index (χ2n) is 12.8. The molecule has 0 aromatic carbocycles. The quantitative estimate of drug-likeness (QED) is 0.320. The molecule has 9 atom stereocenters. The van der Waals surface area contributed by atoms with Crippen LogP contribution in [0.4, 0.5) is 0 Å². The van der Waals surface area contributed by atoms with E-state index in [2.05, 4.69) is 59.8 Å². The predicted octanol–water partition coefficient (Wildman–Crippen LogP) is 7.98. The summed E-state index contributed by atoms with van der Waals surface area (Å²) in [7, 11) is 0. The summed E-state index contributed by atoms with van der Waals surface area (Å²) in [5.74, 6) is 5.35. The Morgan fingerprint density at radius 2 is 1.78 bits per heavy atom. The van der Waals surface area contributed by atoms with Gasteiger partial charge in [0, 0.05) is 13.3 Å². The van der Waals surface area contributed by atoms with Crippen LogP contribution in [0.15, 0.2) is 23.8 Å². The zero-order valence-electron chi connectivity index (χ0n) is 21.8. The molecular formula is C30H48O2. The molecule has 2 heteroatoms. The van der Waals surface area contributed by atoms with E-state index < -0.39 is 0 Å². The lowest BCUT2D eigenvalue weighted by molar-refractivity contribution is -0.148. The van der Waals surface area contributed by atoms with Gasteiger partial charge >= 0.3 is 5.97 Å². The van der Waals surface area contributed by atoms with E-state index in [0.29, 0.717) is 22.7 Å². The molecule has 0 aromatic heterocycles. The molecule has 0 radical (unpaired) electrons. The number of esters is 1. The van der Waals surface area contributed by atoms with E-state index in [1.54, 1.807) is 12.5 Å². The normalized spacial score (nSPS) is 43.2. The summed E-state index contributed by atoms with van der Waals surface area (Å²) < 4.78 is 5.62. The maximum absolute atomic E-state index is 11.5. The average molecular weight is 441 g/mol. The van der Waals surface area contributed by atoms with Crippen molar-refractivity contribution < 1.29 is 9.53 Å². The maximum atomic E-state index is 11.5. The van der Waals surface area contributed by atoms with Crippen molar-refractivity contribution >= 4 is 5.97 Å². The van der Waals surface area contributed by atoms with Gasteiger partial charge < -0.3 is 4.74 Å². The molecule has 0 N–H and O–H groups in total. The van der Waals surface area contributed by atoms with Crippen molar-refractivity contribution in [2.24, 2.45) is 52.3 Å². The SMILES string of the molecule is CC(=O)O[C@H]1CC[C@@]2(C)C(=CC[C@@H]3[C@H]2CC[C@]2(C)[C@H]3CC[C@H]2[C@@H](C)/C=C/[C@@H](C)C(C)C)C1. The molecule has 0 aromatic rings. The van der Waals surface area contributed by atoms with Crippen molar-refractivity contribution in [3.05, 3.63) is 23.8 Å². The van der Waals surface area contributed by atoms with Crippen LogP contribution in [-0.4, -0.2) is 12.1 Å². The Balaban J connectivity index is 1.50. The molecule has 0 spiro atoms. The molecule has 0 aliphatic heterocycles. The number of hydrogen-bond donors (Lipinski definition) is 0. The van der Waals surface area contributed by atoms with Crippen LogP contribution < -0.4 is 0 Å². The predicted molar refractivity (Wildman–Crippen MR) is 133 cm³/mol. The molecule has 0 saturated heterocycles. The molecule has 4 aliphatic carbocycles. The van der Waals surface area contributed by atoms with E-state index in [1.807, 2.05) is 0 Å². The topological polar surface area (TPSA) is 26.3 Å². The summed E-state index contributed by atoms with van der Waals surface area (Å²) >= 11 is 0. The van der Waals surface area contributed by atoms with E-state index in [-0.39, 0.29) is 12.1 Å². The Morgan fingerprint density at radius 3 is 2.47 bits per heavy atom. The van der Waals surface area contributed by atoms with Crippen LogP contribution in [0.1, 0.15) is 99.8 Å². The molecule has 0 unspecified atom stereocenters. The van der Waals surface area contributed by atoms with Crippen molar-refractivity contribution in [3.8, 4) is 0 Å². The van der Waals surface area contributed by atoms with Gasteiger partial charge in [-0.25, -0.2) is 0 Å². The van der Waals surface area contributed by atoms with Crippen molar-refractivity contribution in [2.45, 2.75) is 106 Å². The first kappa shape index (κ1) is 24.1. The van der Waals surface area contributed by atoms with Gasteiger partial charge in [-0.05, 0) is 97.2 Å². The first-order valence-electron chi connectivity index (χ1n) is 13.6. The van der Waals surface area contributed by atoms with Crippen LogP contribution in [0.5, 0.6) is 0 Å². The Morgan fingerprint density at radius 1 is 1.03 bits per heavy atom. The second kappa shape index (κ2) is 8.95. The van der Waals surface area contributed by atoms with Gasteiger partial charge in [-0.2, -0.15) is 0 Å². The van der Waals surface area contributed by atoms with Crippen molar-refractivity contribution in [2.75, 3.05) is 0 Å². The zero-order valence-corrected chi connectivity index (χ0v) is 21.8. The van der Waals surface area contributed by atoms with Crippen molar-refractivity contribution in [1.82, 2.24) is 0 Å². The molecule has 3 fully saturated rings. The molecule has 4 aliphatic rings. The first-order chi connectivity index (χ1) is 15.1. The second-order valence-corrected chi connectivity index (χ2v) is 12.8. The van der Waals surface area contributed by atoms with Gasteiger partial charge in [0.05, 0.1) is 0 Å². The molecule has 2 nitrogen and oxygen atoms in total. The Kier molecular flexibility index (Phi) is 6.74.